The molecular formula is C31H40FN5O2. The van der Waals surface area contributed by atoms with Gasteiger partial charge < -0.3 is 20.3 Å². The molecular weight excluding hydrogens is 493 g/mol. The Morgan fingerprint density at radius 2 is 1.82 bits per heavy atom. The number of hydrogen-bond acceptors (Lipinski definition) is 5. The lowest BCUT2D eigenvalue weighted by molar-refractivity contribution is -0.118. The van der Waals surface area contributed by atoms with Gasteiger partial charge in [0, 0.05) is 56.0 Å². The molecule has 0 aliphatic carbocycles. The number of imidazole rings is 1. The fourth-order valence-electron chi connectivity index (χ4n) is 5.08. The maximum Gasteiger partial charge on any atom is 0.227 e. The second-order valence-corrected chi connectivity index (χ2v) is 10.7. The van der Waals surface area contributed by atoms with Gasteiger partial charge in [-0.25, -0.2) is 9.37 Å². The Morgan fingerprint density at radius 3 is 2.49 bits per heavy atom. The van der Waals surface area contributed by atoms with Gasteiger partial charge in [0.05, 0.1) is 23.2 Å². The van der Waals surface area contributed by atoms with E-state index in [4.69, 9.17) is 4.98 Å². The van der Waals surface area contributed by atoms with Crippen LogP contribution >= 0.6 is 0 Å². The molecule has 1 atom stereocenters. The van der Waals surface area contributed by atoms with Crippen LogP contribution < -0.4 is 10.6 Å². The fourth-order valence-corrected chi connectivity index (χ4v) is 5.08. The minimum Gasteiger partial charge on any atom is -0.392 e. The quantitative estimate of drug-likeness (QED) is 0.327. The van der Waals surface area contributed by atoms with Gasteiger partial charge in [0.2, 0.25) is 5.91 Å². The van der Waals surface area contributed by atoms with Crippen LogP contribution in [-0.4, -0.2) is 44.7 Å². The number of carbonyl (C=O) groups excluding carboxylic acids is 1. The topological polar surface area (TPSA) is 82.4 Å². The maximum atomic E-state index is 15.6. The van der Waals surface area contributed by atoms with Crippen LogP contribution in [0.3, 0.4) is 0 Å². The molecule has 0 saturated carbocycles. The summed E-state index contributed by atoms with van der Waals surface area (Å²) < 4.78 is 17.7. The van der Waals surface area contributed by atoms with Crippen LogP contribution in [0.1, 0.15) is 56.9 Å². The molecule has 4 rings (SSSR count). The van der Waals surface area contributed by atoms with Crippen molar-refractivity contribution in [2.24, 2.45) is 13.0 Å². The number of fused-ring (bicyclic) bond motifs is 1. The third-order valence-corrected chi connectivity index (χ3v) is 7.18. The lowest BCUT2D eigenvalue weighted by Gasteiger charge is -2.27. The van der Waals surface area contributed by atoms with Crippen molar-refractivity contribution in [2.75, 3.05) is 23.7 Å². The predicted molar refractivity (Wildman–Crippen MR) is 156 cm³/mol. The second kappa shape index (κ2) is 12.1. The van der Waals surface area contributed by atoms with Crippen molar-refractivity contribution in [3.8, 4) is 11.1 Å². The number of β-amino-alcohol motifs (C(OH)–C–C–N with tert-alkyl or cyclic N) is 1. The predicted octanol–water partition coefficient (Wildman–Crippen LogP) is 5.73. The molecule has 1 aliphatic rings. The van der Waals surface area contributed by atoms with Crippen LogP contribution in [0.2, 0.25) is 0 Å². The number of amides is 1. The summed E-state index contributed by atoms with van der Waals surface area (Å²) in [6, 6.07) is 10.9. The van der Waals surface area contributed by atoms with Crippen LogP contribution in [0, 0.1) is 18.7 Å². The molecule has 0 radical (unpaired) electrons. The van der Waals surface area contributed by atoms with Gasteiger partial charge in [0.25, 0.3) is 0 Å². The standard InChI is InChI=1S/C31H40FN5O2/c1-7-10-26(30-34-27-18-37(17-20(4)38)16-15-28(27)36(30)6)33-24-13-8-11-22(21(24)5)23-12-9-14-25(29(23)32)35-31(39)19(2)3/h8-14,19-20,33,38H,7,15-18H2,1-6H3,(H,35,39)/b26-10+. The highest BCUT2D eigenvalue weighted by molar-refractivity contribution is 5.93. The number of hydrogen-bond donors (Lipinski definition) is 3. The number of benzene rings is 2. The maximum absolute atomic E-state index is 15.6. The molecule has 3 aromatic rings. The van der Waals surface area contributed by atoms with Gasteiger partial charge in [-0.1, -0.05) is 51.1 Å². The summed E-state index contributed by atoms with van der Waals surface area (Å²) in [5.41, 5.74) is 6.27. The molecule has 1 unspecified atom stereocenters. The van der Waals surface area contributed by atoms with Crippen molar-refractivity contribution < 1.29 is 14.3 Å². The first kappa shape index (κ1) is 28.5. The van der Waals surface area contributed by atoms with E-state index in [1.165, 1.54) is 5.69 Å². The Morgan fingerprint density at radius 1 is 1.13 bits per heavy atom. The zero-order chi connectivity index (χ0) is 28.3. The first-order valence-corrected chi connectivity index (χ1v) is 13.7. The van der Waals surface area contributed by atoms with Gasteiger partial charge in [0.15, 0.2) is 11.6 Å². The van der Waals surface area contributed by atoms with Crippen LogP contribution in [0.4, 0.5) is 15.8 Å². The molecule has 0 bridgehead atoms. The normalized spacial score (nSPS) is 14.8. The Kier molecular flexibility index (Phi) is 8.87. The smallest absolute Gasteiger partial charge is 0.227 e. The first-order chi connectivity index (χ1) is 18.6. The number of carbonyl (C=O) groups is 1. The van der Waals surface area contributed by atoms with Gasteiger partial charge in [0.1, 0.15) is 0 Å². The molecule has 7 nitrogen and oxygen atoms in total. The average Bonchev–Trinajstić information content (AvgIpc) is 3.21. The highest BCUT2D eigenvalue weighted by Crippen LogP contribution is 2.35. The van der Waals surface area contributed by atoms with Crippen LogP contribution in [-0.2, 0) is 24.8 Å². The zero-order valence-electron chi connectivity index (χ0n) is 23.8. The van der Waals surface area contributed by atoms with Crippen molar-refractivity contribution >= 4 is 23.0 Å². The number of aliphatic hydroxyl groups excluding tert-OH is 1. The van der Waals surface area contributed by atoms with Crippen molar-refractivity contribution in [3.63, 3.8) is 0 Å². The minimum atomic E-state index is -0.449. The number of allylic oxidation sites excluding steroid dienone is 1. The summed E-state index contributed by atoms with van der Waals surface area (Å²) in [5, 5.41) is 16.1. The third-order valence-electron chi connectivity index (χ3n) is 7.18. The first-order valence-electron chi connectivity index (χ1n) is 13.7. The van der Waals surface area contributed by atoms with Gasteiger partial charge >= 0.3 is 0 Å². The Labute approximate surface area is 230 Å². The van der Waals surface area contributed by atoms with E-state index in [9.17, 15) is 9.90 Å². The second-order valence-electron chi connectivity index (χ2n) is 10.7. The number of nitrogens with one attached hydrogen (secondary N) is 2. The molecule has 1 aliphatic heterocycles. The number of halogens is 1. The van der Waals surface area contributed by atoms with Crippen molar-refractivity contribution in [1.82, 2.24) is 14.5 Å². The van der Waals surface area contributed by atoms with E-state index in [0.717, 1.165) is 53.4 Å². The van der Waals surface area contributed by atoms with Gasteiger partial charge in [-0.15, -0.1) is 0 Å². The summed E-state index contributed by atoms with van der Waals surface area (Å²) in [4.78, 5) is 19.4. The lowest BCUT2D eigenvalue weighted by Crippen LogP contribution is -2.36. The number of aromatic nitrogens is 2. The third kappa shape index (κ3) is 6.23. The van der Waals surface area contributed by atoms with Crippen LogP contribution in [0.15, 0.2) is 42.5 Å². The van der Waals surface area contributed by atoms with E-state index < -0.39 is 5.82 Å². The Hall–Kier alpha value is -3.49. The van der Waals surface area contributed by atoms with E-state index in [2.05, 4.69) is 33.1 Å². The Bertz CT molecular complexity index is 1380. The van der Waals surface area contributed by atoms with E-state index >= 15 is 4.39 Å². The number of nitrogens with zero attached hydrogens (tertiary/aromatic N) is 3. The summed E-state index contributed by atoms with van der Waals surface area (Å²) in [6.07, 6.45) is 3.44. The summed E-state index contributed by atoms with van der Waals surface area (Å²) in [7, 11) is 2.05. The van der Waals surface area contributed by atoms with Gasteiger partial charge in [-0.3, -0.25) is 9.69 Å². The van der Waals surface area contributed by atoms with Gasteiger partial charge in [-0.05, 0) is 43.5 Å². The number of aliphatic hydroxyl groups is 1. The SMILES string of the molecule is CC/C=C(/Nc1cccc(-c2cccc(NC(=O)C(C)C)c2F)c1C)c1nc2c(n1C)CCN(CC(C)O)C2. The van der Waals surface area contributed by atoms with E-state index in [1.54, 1.807) is 32.0 Å². The van der Waals surface area contributed by atoms with Crippen molar-refractivity contribution in [2.45, 2.75) is 60.1 Å². The fraction of sp³-hybridized carbons (Fsp3) is 0.419. The zero-order valence-corrected chi connectivity index (χ0v) is 23.8. The highest BCUT2D eigenvalue weighted by Gasteiger charge is 2.25. The monoisotopic (exact) mass is 533 g/mol. The minimum absolute atomic E-state index is 0.179. The average molecular weight is 534 g/mol. The molecule has 2 heterocycles. The molecule has 0 saturated heterocycles. The van der Waals surface area contributed by atoms with Crippen molar-refractivity contribution in [3.05, 3.63) is 71.1 Å². The van der Waals surface area contributed by atoms with Crippen LogP contribution in [0.5, 0.6) is 0 Å². The molecule has 0 spiro atoms. The Balaban J connectivity index is 1.65. The molecule has 208 valence electrons. The number of anilines is 2. The number of rotatable bonds is 9. The summed E-state index contributed by atoms with van der Waals surface area (Å²) in [5.74, 6) is -0.0618. The lowest BCUT2D eigenvalue weighted by atomic mass is 9.97. The molecule has 1 aromatic heterocycles. The molecule has 3 N–H and O–H groups in total. The molecule has 2 aromatic carbocycles. The largest absolute Gasteiger partial charge is 0.392 e. The van der Waals surface area contributed by atoms with E-state index in [0.29, 0.717) is 18.7 Å². The summed E-state index contributed by atoms with van der Waals surface area (Å²) in [6.45, 7) is 11.7. The van der Waals surface area contributed by atoms with Gasteiger partial charge in [-0.2, -0.15) is 0 Å². The molecule has 8 heteroatoms. The van der Waals surface area contributed by atoms with E-state index in [1.807, 2.05) is 39.1 Å². The molecule has 1 amide bonds. The van der Waals surface area contributed by atoms with E-state index in [-0.39, 0.29) is 23.6 Å². The molecule has 39 heavy (non-hydrogen) atoms. The van der Waals surface area contributed by atoms with Crippen molar-refractivity contribution in [1.29, 1.82) is 0 Å². The highest BCUT2D eigenvalue weighted by atomic mass is 19.1. The summed E-state index contributed by atoms with van der Waals surface area (Å²) >= 11 is 0. The van der Waals surface area contributed by atoms with Crippen LogP contribution in [0.25, 0.3) is 16.8 Å². The molecule has 0 fully saturated rings.